The van der Waals surface area contributed by atoms with Gasteiger partial charge in [-0.25, -0.2) is 9.78 Å². The molecule has 148 valence electrons. The third kappa shape index (κ3) is 3.74. The van der Waals surface area contributed by atoms with E-state index < -0.39 is 5.97 Å². The summed E-state index contributed by atoms with van der Waals surface area (Å²) in [5.41, 5.74) is 2.93. The minimum atomic E-state index is -0.510. The van der Waals surface area contributed by atoms with Gasteiger partial charge in [-0.05, 0) is 37.6 Å². The van der Waals surface area contributed by atoms with Gasteiger partial charge in [0.1, 0.15) is 12.4 Å². The largest absolute Gasteiger partial charge is 0.493 e. The molecule has 6 nitrogen and oxygen atoms in total. The third-order valence-corrected chi connectivity index (χ3v) is 4.55. The van der Waals surface area contributed by atoms with Gasteiger partial charge >= 0.3 is 5.97 Å². The number of esters is 1. The van der Waals surface area contributed by atoms with Crippen LogP contribution in [0.1, 0.15) is 29.9 Å². The maximum atomic E-state index is 12.5. The second-order valence-electron chi connectivity index (χ2n) is 6.99. The number of methoxy groups -OCH3 is 1. The number of rotatable bonds is 6. The number of hydrogen-bond acceptors (Lipinski definition) is 5. The summed E-state index contributed by atoms with van der Waals surface area (Å²) in [5.74, 6) is 0.608. The van der Waals surface area contributed by atoms with Gasteiger partial charge in [-0.3, -0.25) is 0 Å². The number of carbonyl (C=O) groups excluding carboxylic acids is 1. The summed E-state index contributed by atoms with van der Waals surface area (Å²) in [6.07, 6.45) is 1.38. The smallest absolute Gasteiger partial charge is 0.361 e. The molecule has 0 aliphatic rings. The summed E-state index contributed by atoms with van der Waals surface area (Å²) in [4.78, 5) is 20.0. The Kier molecular flexibility index (Phi) is 5.08. The van der Waals surface area contributed by atoms with E-state index in [0.717, 1.165) is 33.1 Å². The second kappa shape index (κ2) is 7.83. The highest BCUT2D eigenvalue weighted by molar-refractivity contribution is 6.13. The van der Waals surface area contributed by atoms with Crippen molar-refractivity contribution in [2.24, 2.45) is 0 Å². The first-order chi connectivity index (χ1) is 14.1. The number of ether oxygens (including phenoxy) is 3. The number of carbonyl (C=O) groups is 1. The maximum Gasteiger partial charge on any atom is 0.361 e. The molecule has 29 heavy (non-hydrogen) atoms. The van der Waals surface area contributed by atoms with Crippen molar-refractivity contribution in [1.29, 1.82) is 0 Å². The Balaban J connectivity index is 1.76. The molecule has 2 heterocycles. The van der Waals surface area contributed by atoms with E-state index in [1.165, 1.54) is 7.11 Å². The van der Waals surface area contributed by atoms with Crippen LogP contribution in [0.25, 0.3) is 21.8 Å². The molecule has 1 N–H and O–H groups in total. The summed E-state index contributed by atoms with van der Waals surface area (Å²) < 4.78 is 16.8. The van der Waals surface area contributed by atoms with Crippen molar-refractivity contribution in [3.8, 4) is 11.5 Å². The number of aromatic nitrogens is 2. The van der Waals surface area contributed by atoms with E-state index in [2.05, 4.69) is 9.97 Å². The fourth-order valence-corrected chi connectivity index (χ4v) is 3.28. The molecule has 4 rings (SSSR count). The molecule has 0 atom stereocenters. The molecule has 4 aromatic rings. The number of benzene rings is 2. The van der Waals surface area contributed by atoms with Gasteiger partial charge < -0.3 is 19.2 Å². The van der Waals surface area contributed by atoms with Crippen molar-refractivity contribution < 1.29 is 19.0 Å². The van der Waals surface area contributed by atoms with Gasteiger partial charge in [0.15, 0.2) is 11.4 Å². The Bertz CT molecular complexity index is 1170. The first-order valence-corrected chi connectivity index (χ1v) is 9.43. The number of nitrogens with zero attached hydrogens (tertiary/aromatic N) is 1. The average molecular weight is 390 g/mol. The molecule has 0 unspecified atom stereocenters. The molecule has 0 spiro atoms. The number of H-pyrrole nitrogens is 1. The van der Waals surface area contributed by atoms with Crippen molar-refractivity contribution >= 4 is 27.8 Å². The molecule has 6 heteroatoms. The Morgan fingerprint density at radius 2 is 1.90 bits per heavy atom. The SMILES string of the molecule is COc1c(C(=O)OC(C)C)ncc2[nH]c3ccc(OCc4ccccc4)cc3c12. The van der Waals surface area contributed by atoms with E-state index >= 15 is 0 Å². The number of nitrogens with one attached hydrogen (secondary N) is 1. The Labute approximate surface area is 168 Å². The molecule has 0 radical (unpaired) electrons. The molecule has 0 bridgehead atoms. The number of fused-ring (bicyclic) bond motifs is 3. The van der Waals surface area contributed by atoms with E-state index in [1.807, 2.05) is 48.5 Å². The zero-order chi connectivity index (χ0) is 20.4. The van der Waals surface area contributed by atoms with Gasteiger partial charge in [-0.15, -0.1) is 0 Å². The molecule has 0 amide bonds. The van der Waals surface area contributed by atoms with Gasteiger partial charge in [0.05, 0.1) is 30.3 Å². The molecular formula is C23H22N2O4. The lowest BCUT2D eigenvalue weighted by Gasteiger charge is -2.11. The van der Waals surface area contributed by atoms with Crippen LogP contribution in [0, 0.1) is 0 Å². The minimum absolute atomic E-state index is 0.158. The molecule has 0 aliphatic heterocycles. The third-order valence-electron chi connectivity index (χ3n) is 4.55. The van der Waals surface area contributed by atoms with E-state index in [4.69, 9.17) is 14.2 Å². The molecule has 2 aromatic carbocycles. The predicted octanol–water partition coefficient (Wildman–Crippen LogP) is 4.87. The van der Waals surface area contributed by atoms with Crippen LogP contribution in [0.5, 0.6) is 11.5 Å². The van der Waals surface area contributed by atoms with Gasteiger partial charge in [0.2, 0.25) is 0 Å². The van der Waals surface area contributed by atoms with Crippen molar-refractivity contribution in [3.05, 3.63) is 66.0 Å². The first-order valence-electron chi connectivity index (χ1n) is 9.43. The van der Waals surface area contributed by atoms with E-state index in [0.29, 0.717) is 12.4 Å². The highest BCUT2D eigenvalue weighted by Gasteiger charge is 2.22. The second-order valence-corrected chi connectivity index (χ2v) is 6.99. The summed E-state index contributed by atoms with van der Waals surface area (Å²) in [7, 11) is 1.52. The van der Waals surface area contributed by atoms with Crippen LogP contribution in [0.4, 0.5) is 0 Å². The first kappa shape index (κ1) is 18.8. The molecule has 0 fully saturated rings. The van der Waals surface area contributed by atoms with Crippen LogP contribution in [-0.2, 0) is 11.3 Å². The summed E-state index contributed by atoms with van der Waals surface area (Å²) >= 11 is 0. The van der Waals surface area contributed by atoms with E-state index in [9.17, 15) is 4.79 Å². The summed E-state index contributed by atoms with van der Waals surface area (Å²) in [6.45, 7) is 4.06. The van der Waals surface area contributed by atoms with Gasteiger partial charge in [0, 0.05) is 10.9 Å². The van der Waals surface area contributed by atoms with Crippen LogP contribution in [0.15, 0.2) is 54.7 Å². The van der Waals surface area contributed by atoms with Crippen LogP contribution in [0.3, 0.4) is 0 Å². The van der Waals surface area contributed by atoms with E-state index in [-0.39, 0.29) is 11.8 Å². The van der Waals surface area contributed by atoms with Gasteiger partial charge in [0.25, 0.3) is 0 Å². The quantitative estimate of drug-likeness (QED) is 0.476. The zero-order valence-electron chi connectivity index (χ0n) is 16.6. The summed E-state index contributed by atoms with van der Waals surface area (Å²) in [6, 6.07) is 15.8. The lowest BCUT2D eigenvalue weighted by atomic mass is 10.1. The molecule has 0 saturated heterocycles. The zero-order valence-corrected chi connectivity index (χ0v) is 16.6. The predicted molar refractivity (Wildman–Crippen MR) is 111 cm³/mol. The van der Waals surface area contributed by atoms with Crippen molar-refractivity contribution in [2.45, 2.75) is 26.6 Å². The fourth-order valence-electron chi connectivity index (χ4n) is 3.28. The minimum Gasteiger partial charge on any atom is -0.493 e. The van der Waals surface area contributed by atoms with Gasteiger partial charge in [-0.2, -0.15) is 0 Å². The van der Waals surface area contributed by atoms with Crippen molar-refractivity contribution in [3.63, 3.8) is 0 Å². The van der Waals surface area contributed by atoms with Crippen LogP contribution in [0.2, 0.25) is 0 Å². The lowest BCUT2D eigenvalue weighted by molar-refractivity contribution is 0.0367. The highest BCUT2D eigenvalue weighted by Crippen LogP contribution is 2.36. The topological polar surface area (TPSA) is 73.4 Å². The van der Waals surface area contributed by atoms with Crippen LogP contribution >= 0.6 is 0 Å². The Hall–Kier alpha value is -3.54. The number of pyridine rings is 1. The summed E-state index contributed by atoms with van der Waals surface area (Å²) in [5, 5.41) is 1.67. The van der Waals surface area contributed by atoms with E-state index in [1.54, 1.807) is 20.0 Å². The fraction of sp³-hybridized carbons (Fsp3) is 0.217. The normalized spacial score (nSPS) is 11.2. The standard InChI is InChI=1S/C23H22N2O4/c1-14(2)29-23(26)21-22(27-3)20-17-11-16(28-13-15-7-5-4-6-8-15)9-10-18(17)25-19(20)12-24-21/h4-12,14,25H,13H2,1-3H3. The molecule has 0 saturated carbocycles. The monoisotopic (exact) mass is 390 g/mol. The Morgan fingerprint density at radius 3 is 2.62 bits per heavy atom. The highest BCUT2D eigenvalue weighted by atomic mass is 16.5. The lowest BCUT2D eigenvalue weighted by Crippen LogP contribution is -2.14. The van der Waals surface area contributed by atoms with Crippen LogP contribution < -0.4 is 9.47 Å². The maximum absolute atomic E-state index is 12.5. The average Bonchev–Trinajstić information content (AvgIpc) is 3.09. The Morgan fingerprint density at radius 1 is 1.10 bits per heavy atom. The molecule has 0 aliphatic carbocycles. The van der Waals surface area contributed by atoms with Crippen molar-refractivity contribution in [2.75, 3.05) is 7.11 Å². The molecule has 2 aromatic heterocycles. The van der Waals surface area contributed by atoms with Gasteiger partial charge in [-0.1, -0.05) is 30.3 Å². The number of aromatic amines is 1. The molecular weight excluding hydrogens is 368 g/mol. The van der Waals surface area contributed by atoms with Crippen molar-refractivity contribution in [1.82, 2.24) is 9.97 Å². The number of hydrogen-bond donors (Lipinski definition) is 1. The van der Waals surface area contributed by atoms with Crippen LogP contribution in [-0.4, -0.2) is 29.2 Å².